The van der Waals surface area contributed by atoms with Crippen LogP contribution in [0.2, 0.25) is 31.7 Å². The van der Waals surface area contributed by atoms with Gasteiger partial charge in [0.1, 0.15) is 0 Å². The topological polar surface area (TPSA) is 18.5 Å². The summed E-state index contributed by atoms with van der Waals surface area (Å²) in [7, 11) is -2.35. The van der Waals surface area contributed by atoms with E-state index in [0.29, 0.717) is 5.54 Å². The summed E-state index contributed by atoms with van der Waals surface area (Å²) < 4.78 is 11.5. The van der Waals surface area contributed by atoms with Crippen LogP contribution in [-0.4, -0.2) is 30.6 Å². The van der Waals surface area contributed by atoms with E-state index >= 15 is 0 Å². The molecular weight excluding hydrogens is 196 g/mol. The first-order valence-corrected chi connectivity index (χ1v) is 10.9. The van der Waals surface area contributed by atoms with Crippen LogP contribution >= 0.6 is 0 Å². The molecule has 0 bridgehead atoms. The molecule has 0 rings (SSSR count). The molecule has 0 aliphatic heterocycles. The van der Waals surface area contributed by atoms with E-state index in [-0.39, 0.29) is 0 Å². The largest absolute Gasteiger partial charge is 0.458 e. The molecule has 0 unspecified atom stereocenters. The van der Waals surface area contributed by atoms with Gasteiger partial charge in [-0.25, -0.2) is 0 Å². The second-order valence-corrected chi connectivity index (χ2v) is 11.6. The van der Waals surface area contributed by atoms with Crippen molar-refractivity contribution in [2.24, 2.45) is 0 Å². The summed E-state index contributed by atoms with van der Waals surface area (Å²) in [4.78, 5) is 0. The van der Waals surface area contributed by atoms with E-state index in [0.717, 1.165) is 13.2 Å². The first-order valence-electron chi connectivity index (χ1n) is 5.15. The molecule has 0 spiro atoms. The minimum absolute atomic E-state index is 0.599. The lowest BCUT2D eigenvalue weighted by atomic mass is 10.5. The molecule has 0 saturated carbocycles. The van der Waals surface area contributed by atoms with E-state index in [1.54, 1.807) is 0 Å². The monoisotopic (exact) mass is 220 g/mol. The summed E-state index contributed by atoms with van der Waals surface area (Å²) in [5.41, 5.74) is 0.599. The number of hydrogen-bond acceptors (Lipinski definition) is 2. The van der Waals surface area contributed by atoms with Crippen molar-refractivity contribution in [1.82, 2.24) is 0 Å². The standard InChI is InChI=1S/C9H24O2Si2/c1-7-10-8-9(2)13(5,6)11-12(3)4/h9,12H,7-8H2,1-6H3/t9-/m0/s1. The summed E-state index contributed by atoms with van der Waals surface area (Å²) in [5, 5.41) is 0. The van der Waals surface area contributed by atoms with Crippen LogP contribution in [0.25, 0.3) is 0 Å². The molecule has 80 valence electrons. The molecule has 0 fully saturated rings. The second kappa shape index (κ2) is 5.95. The Labute approximate surface area is 85.5 Å². The lowest BCUT2D eigenvalue weighted by molar-refractivity contribution is 0.144. The van der Waals surface area contributed by atoms with Crippen LogP contribution in [0.3, 0.4) is 0 Å². The van der Waals surface area contributed by atoms with Gasteiger partial charge in [0.2, 0.25) is 0 Å². The minimum atomic E-state index is -1.47. The van der Waals surface area contributed by atoms with E-state index < -0.39 is 17.4 Å². The molecule has 0 aromatic heterocycles. The Hall–Kier alpha value is 0.354. The fourth-order valence-electron chi connectivity index (χ4n) is 1.22. The molecule has 2 nitrogen and oxygen atoms in total. The van der Waals surface area contributed by atoms with Crippen LogP contribution in [0.4, 0.5) is 0 Å². The van der Waals surface area contributed by atoms with Crippen molar-refractivity contribution in [1.29, 1.82) is 0 Å². The maximum absolute atomic E-state index is 6.09. The molecule has 0 aromatic rings. The first-order chi connectivity index (χ1) is 5.90. The maximum Gasteiger partial charge on any atom is 0.178 e. The fraction of sp³-hybridized carbons (Fsp3) is 1.00. The van der Waals surface area contributed by atoms with Gasteiger partial charge >= 0.3 is 0 Å². The lowest BCUT2D eigenvalue weighted by Crippen LogP contribution is -2.41. The van der Waals surface area contributed by atoms with E-state index in [1.165, 1.54) is 0 Å². The van der Waals surface area contributed by atoms with Crippen LogP contribution in [0.5, 0.6) is 0 Å². The average Bonchev–Trinajstić information content (AvgIpc) is 1.97. The van der Waals surface area contributed by atoms with E-state index in [1.807, 2.05) is 6.92 Å². The molecule has 0 heterocycles. The predicted octanol–water partition coefficient (Wildman–Crippen LogP) is 2.62. The smallest absolute Gasteiger partial charge is 0.178 e. The SMILES string of the molecule is CCOC[C@H](C)[Si](C)(C)O[SiH](C)C. The third-order valence-electron chi connectivity index (χ3n) is 2.30. The molecule has 0 amide bonds. The molecule has 0 aliphatic carbocycles. The zero-order valence-corrected chi connectivity index (χ0v) is 12.0. The van der Waals surface area contributed by atoms with Gasteiger partial charge in [0.15, 0.2) is 17.4 Å². The first kappa shape index (κ1) is 13.4. The van der Waals surface area contributed by atoms with Gasteiger partial charge in [0.25, 0.3) is 0 Å². The lowest BCUT2D eigenvalue weighted by Gasteiger charge is -2.31. The summed E-state index contributed by atoms with van der Waals surface area (Å²) >= 11 is 0. The van der Waals surface area contributed by atoms with Crippen molar-refractivity contribution in [2.45, 2.75) is 45.6 Å². The molecule has 0 aromatic carbocycles. The number of rotatable bonds is 6. The van der Waals surface area contributed by atoms with Gasteiger partial charge < -0.3 is 8.85 Å². The van der Waals surface area contributed by atoms with E-state index in [2.05, 4.69) is 33.1 Å². The molecule has 0 saturated heterocycles. The van der Waals surface area contributed by atoms with Crippen LogP contribution in [0, 0.1) is 0 Å². The molecule has 0 aliphatic rings. The van der Waals surface area contributed by atoms with Gasteiger partial charge in [0.05, 0.1) is 0 Å². The summed E-state index contributed by atoms with van der Waals surface area (Å²) in [6, 6.07) is 0. The molecule has 0 radical (unpaired) electrons. The Kier molecular flexibility index (Phi) is 6.12. The predicted molar refractivity (Wildman–Crippen MR) is 63.4 cm³/mol. The highest BCUT2D eigenvalue weighted by atomic mass is 28.4. The zero-order valence-electron chi connectivity index (χ0n) is 9.89. The fourth-order valence-corrected chi connectivity index (χ4v) is 7.53. The Morgan fingerprint density at radius 2 is 1.85 bits per heavy atom. The molecule has 13 heavy (non-hydrogen) atoms. The van der Waals surface area contributed by atoms with Gasteiger partial charge in [-0.3, -0.25) is 0 Å². The summed E-state index contributed by atoms with van der Waals surface area (Å²) in [5.74, 6) is 0. The van der Waals surface area contributed by atoms with Crippen molar-refractivity contribution >= 4 is 17.4 Å². The van der Waals surface area contributed by atoms with Gasteiger partial charge in [-0.1, -0.05) is 6.92 Å². The van der Waals surface area contributed by atoms with Crippen LogP contribution in [0.1, 0.15) is 13.8 Å². The highest BCUT2D eigenvalue weighted by Crippen LogP contribution is 2.23. The molecule has 1 atom stereocenters. The van der Waals surface area contributed by atoms with Crippen molar-refractivity contribution < 1.29 is 8.85 Å². The van der Waals surface area contributed by atoms with Gasteiger partial charge in [-0.2, -0.15) is 0 Å². The van der Waals surface area contributed by atoms with Crippen molar-refractivity contribution in [2.75, 3.05) is 13.2 Å². The normalized spacial score (nSPS) is 15.0. The highest BCUT2D eigenvalue weighted by Gasteiger charge is 2.30. The van der Waals surface area contributed by atoms with Crippen LogP contribution in [0.15, 0.2) is 0 Å². The highest BCUT2D eigenvalue weighted by molar-refractivity contribution is 6.78. The minimum Gasteiger partial charge on any atom is -0.458 e. The van der Waals surface area contributed by atoms with Crippen molar-refractivity contribution in [3.05, 3.63) is 0 Å². The average molecular weight is 220 g/mol. The zero-order chi connectivity index (χ0) is 10.5. The quantitative estimate of drug-likeness (QED) is 0.641. The number of ether oxygens (including phenoxy) is 1. The Balaban J connectivity index is 3.94. The van der Waals surface area contributed by atoms with Gasteiger partial charge in [0, 0.05) is 13.2 Å². The van der Waals surface area contributed by atoms with Crippen molar-refractivity contribution in [3.8, 4) is 0 Å². The summed E-state index contributed by atoms with van der Waals surface area (Å²) in [6.07, 6.45) is 0. The Morgan fingerprint density at radius 3 is 2.23 bits per heavy atom. The number of hydrogen-bond donors (Lipinski definition) is 0. The molecule has 4 heteroatoms. The second-order valence-electron chi connectivity index (χ2n) is 4.33. The Morgan fingerprint density at radius 1 is 1.31 bits per heavy atom. The van der Waals surface area contributed by atoms with Crippen LogP contribution in [-0.2, 0) is 8.85 Å². The third kappa shape index (κ3) is 5.62. The summed E-state index contributed by atoms with van der Waals surface area (Å²) in [6.45, 7) is 15.0. The maximum atomic E-state index is 6.09. The van der Waals surface area contributed by atoms with Crippen molar-refractivity contribution in [3.63, 3.8) is 0 Å². The van der Waals surface area contributed by atoms with Crippen LogP contribution < -0.4 is 0 Å². The van der Waals surface area contributed by atoms with Gasteiger partial charge in [-0.05, 0) is 38.7 Å². The van der Waals surface area contributed by atoms with E-state index in [4.69, 9.17) is 8.85 Å². The third-order valence-corrected chi connectivity index (χ3v) is 9.15. The Bertz CT molecular complexity index is 138. The van der Waals surface area contributed by atoms with Gasteiger partial charge in [-0.15, -0.1) is 0 Å². The molecule has 0 N–H and O–H groups in total. The van der Waals surface area contributed by atoms with E-state index in [9.17, 15) is 0 Å². The molecular formula is C9H24O2Si2.